The number of urea groups is 1. The first-order chi connectivity index (χ1) is 10.1. The largest absolute Gasteiger partial charge is 0.496 e. The summed E-state index contributed by atoms with van der Waals surface area (Å²) >= 11 is 0. The molecule has 1 aliphatic rings. The molecule has 0 bridgehead atoms. The number of benzene rings is 1. The summed E-state index contributed by atoms with van der Waals surface area (Å²) < 4.78 is 10.7. The SMILES string of the molecule is COc1ccc(OC)c2c1CCC(NC(N)=O)C2.O=CO. The average molecular weight is 296 g/mol. The molecule has 0 aliphatic heterocycles. The van der Waals surface area contributed by atoms with Crippen LogP contribution in [0, 0.1) is 0 Å². The van der Waals surface area contributed by atoms with E-state index in [1.807, 2.05) is 12.1 Å². The number of fused-ring (bicyclic) bond motifs is 1. The van der Waals surface area contributed by atoms with Gasteiger partial charge in [-0.3, -0.25) is 4.79 Å². The number of ether oxygens (including phenoxy) is 2. The van der Waals surface area contributed by atoms with E-state index in [9.17, 15) is 4.79 Å². The van der Waals surface area contributed by atoms with Crippen LogP contribution in [-0.4, -0.2) is 37.9 Å². The summed E-state index contributed by atoms with van der Waals surface area (Å²) in [4.78, 5) is 19.3. The lowest BCUT2D eigenvalue weighted by molar-refractivity contribution is -0.122. The molecule has 1 aromatic carbocycles. The molecule has 2 rings (SSSR count). The van der Waals surface area contributed by atoms with Gasteiger partial charge in [0.1, 0.15) is 11.5 Å². The Morgan fingerprint density at radius 2 is 1.86 bits per heavy atom. The van der Waals surface area contributed by atoms with E-state index in [1.165, 1.54) is 5.56 Å². The number of amides is 2. The van der Waals surface area contributed by atoms with Crippen LogP contribution in [0.3, 0.4) is 0 Å². The Bertz CT molecular complexity index is 504. The van der Waals surface area contributed by atoms with Crippen LogP contribution in [0.2, 0.25) is 0 Å². The number of nitrogens with two attached hydrogens (primary N) is 1. The third-order valence-corrected chi connectivity index (χ3v) is 3.32. The highest BCUT2D eigenvalue weighted by Gasteiger charge is 2.25. The minimum Gasteiger partial charge on any atom is -0.496 e. The lowest BCUT2D eigenvalue weighted by Crippen LogP contribution is -2.41. The molecule has 0 aromatic heterocycles. The predicted octanol–water partition coefficient (Wildman–Crippen LogP) is 0.930. The van der Waals surface area contributed by atoms with Crippen molar-refractivity contribution in [3.8, 4) is 11.5 Å². The normalized spacial score (nSPS) is 15.8. The maximum atomic E-state index is 10.9. The molecule has 1 atom stereocenters. The summed E-state index contributed by atoms with van der Waals surface area (Å²) in [6.07, 6.45) is 2.43. The molecule has 0 radical (unpaired) electrons. The fourth-order valence-corrected chi connectivity index (χ4v) is 2.52. The second-order valence-electron chi connectivity index (χ2n) is 4.48. The van der Waals surface area contributed by atoms with E-state index in [0.29, 0.717) is 0 Å². The number of primary amides is 1. The minimum atomic E-state index is -0.481. The Labute approximate surface area is 123 Å². The Hall–Kier alpha value is -2.44. The standard InChI is InChI=1S/C13H18N2O3.CH2O2/c1-17-11-5-6-12(18-2)10-7-8(15-13(14)16)3-4-9(10)11;2-1-3/h5-6,8H,3-4,7H2,1-2H3,(H3,14,15,16);1H,(H,2,3). The predicted molar refractivity (Wildman–Crippen MR) is 76.8 cm³/mol. The molecule has 4 N–H and O–H groups in total. The van der Waals surface area contributed by atoms with Crippen LogP contribution in [0.1, 0.15) is 17.5 Å². The van der Waals surface area contributed by atoms with Gasteiger partial charge < -0.3 is 25.6 Å². The Kier molecular flexibility index (Phi) is 6.32. The van der Waals surface area contributed by atoms with Crippen LogP contribution in [0.5, 0.6) is 11.5 Å². The van der Waals surface area contributed by atoms with Crippen molar-refractivity contribution >= 4 is 12.5 Å². The molecule has 7 nitrogen and oxygen atoms in total. The number of methoxy groups -OCH3 is 2. The Morgan fingerprint density at radius 3 is 2.33 bits per heavy atom. The zero-order valence-corrected chi connectivity index (χ0v) is 12.1. The highest BCUT2D eigenvalue weighted by molar-refractivity contribution is 5.72. The van der Waals surface area contributed by atoms with Crippen LogP contribution in [-0.2, 0) is 17.6 Å². The van der Waals surface area contributed by atoms with E-state index in [1.54, 1.807) is 14.2 Å². The van der Waals surface area contributed by atoms with E-state index in [-0.39, 0.29) is 12.5 Å². The average Bonchev–Trinajstić information content (AvgIpc) is 2.46. The number of carbonyl (C=O) groups is 2. The fourth-order valence-electron chi connectivity index (χ4n) is 2.52. The molecular weight excluding hydrogens is 276 g/mol. The first-order valence-electron chi connectivity index (χ1n) is 6.43. The molecule has 21 heavy (non-hydrogen) atoms. The molecule has 1 unspecified atom stereocenters. The molecule has 0 heterocycles. The monoisotopic (exact) mass is 296 g/mol. The number of hydrogen-bond acceptors (Lipinski definition) is 4. The zero-order valence-electron chi connectivity index (χ0n) is 12.1. The van der Waals surface area contributed by atoms with Crippen LogP contribution >= 0.6 is 0 Å². The van der Waals surface area contributed by atoms with Gasteiger partial charge in [0.25, 0.3) is 6.47 Å². The first kappa shape index (κ1) is 16.6. The first-order valence-corrected chi connectivity index (χ1v) is 6.43. The summed E-state index contributed by atoms with van der Waals surface area (Å²) in [6.45, 7) is -0.250. The third kappa shape index (κ3) is 4.27. The number of carbonyl (C=O) groups excluding carboxylic acids is 1. The molecular formula is C14H20N2O5. The second-order valence-corrected chi connectivity index (χ2v) is 4.48. The summed E-state index contributed by atoms with van der Waals surface area (Å²) in [7, 11) is 3.31. The number of hydrogen-bond donors (Lipinski definition) is 3. The molecule has 116 valence electrons. The van der Waals surface area contributed by atoms with Crippen molar-refractivity contribution in [3.63, 3.8) is 0 Å². The number of rotatable bonds is 3. The number of carboxylic acid groups (broad SMARTS) is 1. The van der Waals surface area contributed by atoms with Crippen LogP contribution in [0.4, 0.5) is 4.79 Å². The second kappa shape index (κ2) is 7.98. The summed E-state index contributed by atoms with van der Waals surface area (Å²) in [5.41, 5.74) is 7.43. The maximum Gasteiger partial charge on any atom is 0.312 e. The van der Waals surface area contributed by atoms with E-state index >= 15 is 0 Å². The highest BCUT2D eigenvalue weighted by atomic mass is 16.5. The smallest absolute Gasteiger partial charge is 0.312 e. The molecule has 0 spiro atoms. The topological polar surface area (TPSA) is 111 Å². The van der Waals surface area contributed by atoms with E-state index in [2.05, 4.69) is 5.32 Å². The van der Waals surface area contributed by atoms with Crippen molar-refractivity contribution in [2.24, 2.45) is 5.73 Å². The van der Waals surface area contributed by atoms with Crippen molar-refractivity contribution in [2.75, 3.05) is 14.2 Å². The van der Waals surface area contributed by atoms with Crippen molar-refractivity contribution in [2.45, 2.75) is 25.3 Å². The van der Waals surface area contributed by atoms with Gasteiger partial charge >= 0.3 is 6.03 Å². The van der Waals surface area contributed by atoms with Crippen LogP contribution < -0.4 is 20.5 Å². The van der Waals surface area contributed by atoms with Gasteiger partial charge in [-0.05, 0) is 31.4 Å². The van der Waals surface area contributed by atoms with Gasteiger partial charge in [-0.15, -0.1) is 0 Å². The Balaban J connectivity index is 0.000000677. The highest BCUT2D eigenvalue weighted by Crippen LogP contribution is 2.35. The van der Waals surface area contributed by atoms with Crippen molar-refractivity contribution in [1.29, 1.82) is 0 Å². The lowest BCUT2D eigenvalue weighted by atomic mass is 9.87. The van der Waals surface area contributed by atoms with E-state index < -0.39 is 6.03 Å². The van der Waals surface area contributed by atoms with Gasteiger partial charge in [-0.1, -0.05) is 0 Å². The molecule has 2 amide bonds. The number of nitrogens with one attached hydrogen (secondary N) is 1. The molecule has 7 heteroatoms. The molecule has 0 saturated carbocycles. The van der Waals surface area contributed by atoms with Crippen molar-refractivity contribution in [3.05, 3.63) is 23.3 Å². The Morgan fingerprint density at radius 1 is 1.33 bits per heavy atom. The van der Waals surface area contributed by atoms with Gasteiger partial charge in [-0.2, -0.15) is 0 Å². The summed E-state index contributed by atoms with van der Waals surface area (Å²) in [6, 6.07) is 3.39. The summed E-state index contributed by atoms with van der Waals surface area (Å²) in [5.74, 6) is 1.71. The van der Waals surface area contributed by atoms with E-state index in [0.717, 1.165) is 36.3 Å². The van der Waals surface area contributed by atoms with Gasteiger partial charge in [-0.25, -0.2) is 4.79 Å². The van der Waals surface area contributed by atoms with Gasteiger partial charge in [0.15, 0.2) is 0 Å². The zero-order chi connectivity index (χ0) is 15.8. The fraction of sp³-hybridized carbons (Fsp3) is 0.429. The molecule has 0 saturated heterocycles. The molecule has 1 aliphatic carbocycles. The van der Waals surface area contributed by atoms with Gasteiger partial charge in [0.05, 0.1) is 14.2 Å². The molecule has 1 aromatic rings. The van der Waals surface area contributed by atoms with E-state index in [4.69, 9.17) is 25.1 Å². The van der Waals surface area contributed by atoms with Crippen molar-refractivity contribution in [1.82, 2.24) is 5.32 Å². The lowest BCUT2D eigenvalue weighted by Gasteiger charge is -2.27. The minimum absolute atomic E-state index is 0.0657. The quantitative estimate of drug-likeness (QED) is 0.719. The maximum absolute atomic E-state index is 10.9. The third-order valence-electron chi connectivity index (χ3n) is 3.32. The van der Waals surface area contributed by atoms with Gasteiger partial charge in [0, 0.05) is 17.2 Å². The van der Waals surface area contributed by atoms with Crippen molar-refractivity contribution < 1.29 is 24.2 Å². The summed E-state index contributed by atoms with van der Waals surface area (Å²) in [5, 5.41) is 9.64. The van der Waals surface area contributed by atoms with Crippen LogP contribution in [0.15, 0.2) is 12.1 Å². The molecule has 0 fully saturated rings. The van der Waals surface area contributed by atoms with Crippen LogP contribution in [0.25, 0.3) is 0 Å². The van der Waals surface area contributed by atoms with Gasteiger partial charge in [0.2, 0.25) is 0 Å².